The molecule has 1 fully saturated rings. The van der Waals surface area contributed by atoms with Crippen LogP contribution in [0.3, 0.4) is 0 Å². The van der Waals surface area contributed by atoms with Gasteiger partial charge in [-0.15, -0.1) is 0 Å². The fraction of sp³-hybridized carbons (Fsp3) is 0.538. The predicted molar refractivity (Wildman–Crippen MR) is 80.3 cm³/mol. The van der Waals surface area contributed by atoms with Crippen LogP contribution in [-0.4, -0.2) is 30.1 Å². The van der Waals surface area contributed by atoms with Crippen molar-refractivity contribution < 1.29 is 9.53 Å². The highest BCUT2D eigenvalue weighted by Crippen LogP contribution is 2.18. The highest BCUT2D eigenvalue weighted by molar-refractivity contribution is 9.10. The van der Waals surface area contributed by atoms with Crippen LogP contribution in [0.4, 0.5) is 5.82 Å². The summed E-state index contributed by atoms with van der Waals surface area (Å²) in [5.41, 5.74) is 2.85. The number of nitrogens with one attached hydrogen (secondary N) is 2. The molecule has 1 aliphatic heterocycles. The van der Waals surface area contributed by atoms with Gasteiger partial charge < -0.3 is 15.5 Å². The third kappa shape index (κ3) is 4.16. The minimum atomic E-state index is -0.192. The Labute approximate surface area is 126 Å². The van der Waals surface area contributed by atoms with E-state index in [1.54, 1.807) is 12.3 Å². The summed E-state index contributed by atoms with van der Waals surface area (Å²) in [6.07, 6.45) is 6.09. The molecule has 1 unspecified atom stereocenters. The monoisotopic (exact) mass is 342 g/mol. The van der Waals surface area contributed by atoms with Crippen LogP contribution in [0, 0.1) is 0 Å². The van der Waals surface area contributed by atoms with Gasteiger partial charge in [0.2, 0.25) is 0 Å². The van der Waals surface area contributed by atoms with Crippen molar-refractivity contribution in [1.29, 1.82) is 0 Å². The number of pyridine rings is 1. The zero-order chi connectivity index (χ0) is 14.4. The van der Waals surface area contributed by atoms with Gasteiger partial charge in [-0.2, -0.15) is 0 Å². The van der Waals surface area contributed by atoms with E-state index >= 15 is 0 Å². The topological polar surface area (TPSA) is 89.3 Å². The third-order valence-electron chi connectivity index (χ3n) is 3.26. The highest BCUT2D eigenvalue weighted by atomic mass is 79.9. The van der Waals surface area contributed by atoms with Crippen LogP contribution in [0.25, 0.3) is 0 Å². The average Bonchev–Trinajstić information content (AvgIpc) is 2.48. The lowest BCUT2D eigenvalue weighted by molar-refractivity contribution is 0.0117. The molecule has 1 saturated heterocycles. The number of carbonyl (C=O) groups excluding carboxylic acids is 1. The van der Waals surface area contributed by atoms with E-state index in [4.69, 9.17) is 10.6 Å². The first-order valence-corrected chi connectivity index (χ1v) is 7.52. The summed E-state index contributed by atoms with van der Waals surface area (Å²) in [6, 6.07) is 1.69. The summed E-state index contributed by atoms with van der Waals surface area (Å²) < 4.78 is 6.36. The minimum Gasteiger partial charge on any atom is -0.378 e. The summed E-state index contributed by atoms with van der Waals surface area (Å²) in [7, 11) is 0. The van der Waals surface area contributed by atoms with E-state index in [0.29, 0.717) is 17.9 Å². The fourth-order valence-electron chi connectivity index (χ4n) is 2.20. The molecular formula is C13H19BrN4O2. The number of ether oxygens (including phenoxy) is 1. The lowest BCUT2D eigenvalue weighted by Gasteiger charge is -2.22. The molecule has 6 nitrogen and oxygen atoms in total. The number of hydrazine groups is 1. The molecule has 0 aromatic carbocycles. The molecule has 0 saturated carbocycles. The van der Waals surface area contributed by atoms with E-state index in [1.165, 1.54) is 6.42 Å². The predicted octanol–water partition coefficient (Wildman–Crippen LogP) is 1.82. The number of nitrogens with zero attached hydrogens (tertiary/aromatic N) is 1. The zero-order valence-electron chi connectivity index (χ0n) is 11.2. The molecule has 1 aromatic heterocycles. The number of hydrogen-bond donors (Lipinski definition) is 3. The van der Waals surface area contributed by atoms with E-state index in [2.05, 4.69) is 31.7 Å². The first kappa shape index (κ1) is 15.2. The van der Waals surface area contributed by atoms with Gasteiger partial charge in [-0.1, -0.05) is 0 Å². The number of amides is 1. The van der Waals surface area contributed by atoms with Gasteiger partial charge in [0.1, 0.15) is 0 Å². The second-order valence-electron chi connectivity index (χ2n) is 4.73. The van der Waals surface area contributed by atoms with E-state index in [1.807, 2.05) is 0 Å². The molecule has 1 atom stereocenters. The molecule has 20 heavy (non-hydrogen) atoms. The molecule has 0 aliphatic carbocycles. The summed E-state index contributed by atoms with van der Waals surface area (Å²) in [5, 5.41) is 2.87. The van der Waals surface area contributed by atoms with Crippen LogP contribution in [0.5, 0.6) is 0 Å². The summed E-state index contributed by atoms with van der Waals surface area (Å²) >= 11 is 3.29. The van der Waals surface area contributed by atoms with Gasteiger partial charge in [0, 0.05) is 23.8 Å². The van der Waals surface area contributed by atoms with Crippen LogP contribution in [0.15, 0.2) is 16.7 Å². The lowest BCUT2D eigenvalue weighted by atomic mass is 10.1. The maximum Gasteiger partial charge on any atom is 0.255 e. The van der Waals surface area contributed by atoms with Crippen molar-refractivity contribution in [2.45, 2.75) is 31.8 Å². The van der Waals surface area contributed by atoms with Crippen LogP contribution in [-0.2, 0) is 4.74 Å². The number of rotatable bonds is 5. The summed E-state index contributed by atoms with van der Waals surface area (Å²) in [4.78, 5) is 16.2. The number of carbonyl (C=O) groups is 1. The van der Waals surface area contributed by atoms with Crippen molar-refractivity contribution in [2.24, 2.45) is 5.84 Å². The lowest BCUT2D eigenvalue weighted by Crippen LogP contribution is -2.30. The maximum atomic E-state index is 12.1. The van der Waals surface area contributed by atoms with Gasteiger partial charge in [-0.05, 0) is 47.7 Å². The van der Waals surface area contributed by atoms with Gasteiger partial charge in [0.25, 0.3) is 5.91 Å². The Hall–Kier alpha value is -1.18. The van der Waals surface area contributed by atoms with E-state index in [0.717, 1.165) is 30.3 Å². The van der Waals surface area contributed by atoms with E-state index in [-0.39, 0.29) is 12.0 Å². The second-order valence-corrected chi connectivity index (χ2v) is 5.64. The molecule has 0 spiro atoms. The van der Waals surface area contributed by atoms with Gasteiger partial charge >= 0.3 is 0 Å². The molecule has 0 radical (unpaired) electrons. The van der Waals surface area contributed by atoms with Crippen LogP contribution >= 0.6 is 15.9 Å². The van der Waals surface area contributed by atoms with Crippen molar-refractivity contribution >= 4 is 27.7 Å². The van der Waals surface area contributed by atoms with E-state index < -0.39 is 0 Å². The first-order valence-electron chi connectivity index (χ1n) is 6.72. The summed E-state index contributed by atoms with van der Waals surface area (Å²) in [6.45, 7) is 1.41. The third-order valence-corrected chi connectivity index (χ3v) is 3.70. The molecule has 2 heterocycles. The Bertz CT molecular complexity index is 464. The Kier molecular flexibility index (Phi) is 5.75. The number of nitrogen functional groups attached to an aromatic ring is 1. The zero-order valence-corrected chi connectivity index (χ0v) is 12.8. The Morgan fingerprint density at radius 1 is 1.55 bits per heavy atom. The van der Waals surface area contributed by atoms with Crippen LogP contribution in [0.1, 0.15) is 36.0 Å². The minimum absolute atomic E-state index is 0.192. The number of hydrogen-bond acceptors (Lipinski definition) is 5. The molecular weight excluding hydrogens is 324 g/mol. The van der Waals surface area contributed by atoms with Crippen molar-refractivity contribution in [2.75, 3.05) is 18.6 Å². The quantitative estimate of drug-likeness (QED) is 0.561. The standard InChI is InChI=1S/C13H19BrN4O2/c14-9-7-11(12(18-15)17-8-9)13(19)16-5-4-10-3-1-2-6-20-10/h7-8,10H,1-6,15H2,(H,16,19)(H,17,18). The fourth-order valence-corrected chi connectivity index (χ4v) is 2.54. The van der Waals surface area contributed by atoms with Crippen molar-refractivity contribution in [3.63, 3.8) is 0 Å². The Morgan fingerprint density at radius 3 is 3.10 bits per heavy atom. The molecule has 1 amide bonds. The van der Waals surface area contributed by atoms with Crippen molar-refractivity contribution in [3.8, 4) is 0 Å². The molecule has 1 aromatic rings. The molecule has 0 bridgehead atoms. The second kappa shape index (κ2) is 7.56. The normalized spacial score (nSPS) is 18.6. The van der Waals surface area contributed by atoms with Gasteiger partial charge in [-0.25, -0.2) is 10.8 Å². The smallest absolute Gasteiger partial charge is 0.255 e. The SMILES string of the molecule is NNc1ncc(Br)cc1C(=O)NCCC1CCCCO1. The number of halogens is 1. The van der Waals surface area contributed by atoms with Gasteiger partial charge in [0.05, 0.1) is 11.7 Å². The number of aromatic nitrogens is 1. The maximum absolute atomic E-state index is 12.1. The largest absolute Gasteiger partial charge is 0.378 e. The molecule has 4 N–H and O–H groups in total. The molecule has 2 rings (SSSR count). The highest BCUT2D eigenvalue weighted by Gasteiger charge is 2.16. The van der Waals surface area contributed by atoms with Crippen LogP contribution < -0.4 is 16.6 Å². The van der Waals surface area contributed by atoms with E-state index in [9.17, 15) is 4.79 Å². The molecule has 110 valence electrons. The first-order chi connectivity index (χ1) is 9.70. The number of nitrogens with two attached hydrogens (primary N) is 1. The number of anilines is 1. The Morgan fingerprint density at radius 2 is 2.40 bits per heavy atom. The van der Waals surface area contributed by atoms with Gasteiger partial charge in [0.15, 0.2) is 5.82 Å². The van der Waals surface area contributed by atoms with Crippen molar-refractivity contribution in [3.05, 3.63) is 22.3 Å². The van der Waals surface area contributed by atoms with Gasteiger partial charge in [-0.3, -0.25) is 4.79 Å². The molecule has 1 aliphatic rings. The summed E-state index contributed by atoms with van der Waals surface area (Å²) in [5.74, 6) is 5.52. The average molecular weight is 343 g/mol. The Balaban J connectivity index is 1.86. The van der Waals surface area contributed by atoms with Crippen molar-refractivity contribution in [1.82, 2.24) is 10.3 Å². The molecule has 7 heteroatoms. The van der Waals surface area contributed by atoms with Crippen LogP contribution in [0.2, 0.25) is 0 Å².